The minimum atomic E-state index is -0.0824. The quantitative estimate of drug-likeness (QED) is 0.644. The van der Waals surface area contributed by atoms with Crippen molar-refractivity contribution in [3.63, 3.8) is 0 Å². The summed E-state index contributed by atoms with van der Waals surface area (Å²) in [5, 5.41) is 4.16. The minimum absolute atomic E-state index is 0.0821. The third-order valence-electron chi connectivity index (χ3n) is 5.44. The van der Waals surface area contributed by atoms with E-state index in [-0.39, 0.29) is 18.6 Å². The van der Waals surface area contributed by atoms with Crippen LogP contribution in [-0.2, 0) is 11.3 Å². The van der Waals surface area contributed by atoms with E-state index in [1.807, 2.05) is 66.4 Å². The molecule has 3 aromatic rings. The van der Waals surface area contributed by atoms with Gasteiger partial charge in [0, 0.05) is 50.8 Å². The lowest BCUT2D eigenvalue weighted by atomic mass is 10.1. The molecule has 2 aliphatic heterocycles. The average Bonchev–Trinajstić information content (AvgIpc) is 3.48. The summed E-state index contributed by atoms with van der Waals surface area (Å²) in [5.74, 6) is 2.50. The number of rotatable bonds is 5. The Labute approximate surface area is 174 Å². The van der Waals surface area contributed by atoms with Crippen LogP contribution in [0.5, 0.6) is 11.5 Å². The molecule has 1 atom stereocenters. The van der Waals surface area contributed by atoms with Crippen LogP contribution in [0.15, 0.2) is 47.0 Å². The van der Waals surface area contributed by atoms with E-state index >= 15 is 0 Å². The number of likely N-dealkylation sites (tertiary alicyclic amines) is 1. The summed E-state index contributed by atoms with van der Waals surface area (Å²) in [5.41, 5.74) is 2.92. The number of carbonyl (C=O) groups excluding carboxylic acids is 1. The molecule has 154 valence electrons. The first-order valence-electron chi connectivity index (χ1n) is 9.84. The largest absolute Gasteiger partial charge is 0.454 e. The van der Waals surface area contributed by atoms with Crippen molar-refractivity contribution in [3.05, 3.63) is 53.9 Å². The number of amides is 1. The van der Waals surface area contributed by atoms with Gasteiger partial charge in [-0.25, -0.2) is 0 Å². The minimum Gasteiger partial charge on any atom is -0.454 e. The van der Waals surface area contributed by atoms with Gasteiger partial charge >= 0.3 is 0 Å². The van der Waals surface area contributed by atoms with Crippen LogP contribution in [0.4, 0.5) is 5.69 Å². The number of carbonyl (C=O) groups is 1. The Balaban J connectivity index is 1.30. The fourth-order valence-electron chi connectivity index (χ4n) is 3.79. The molecule has 1 amide bonds. The van der Waals surface area contributed by atoms with Crippen LogP contribution in [0.1, 0.15) is 23.7 Å². The molecule has 1 unspecified atom stereocenters. The van der Waals surface area contributed by atoms with Gasteiger partial charge in [-0.2, -0.15) is 4.98 Å². The lowest BCUT2D eigenvalue weighted by Crippen LogP contribution is -2.24. The van der Waals surface area contributed by atoms with Crippen molar-refractivity contribution in [2.45, 2.75) is 18.9 Å². The Hall–Kier alpha value is -3.55. The van der Waals surface area contributed by atoms with E-state index in [0.717, 1.165) is 28.3 Å². The van der Waals surface area contributed by atoms with Gasteiger partial charge in [-0.1, -0.05) is 17.3 Å². The molecule has 0 spiro atoms. The normalized spacial score (nSPS) is 17.6. The molecule has 0 bridgehead atoms. The van der Waals surface area contributed by atoms with Crippen LogP contribution in [0, 0.1) is 0 Å². The highest BCUT2D eigenvalue weighted by Gasteiger charge is 2.34. The molecular weight excluding hydrogens is 384 g/mol. The second kappa shape index (κ2) is 7.37. The lowest BCUT2D eigenvalue weighted by molar-refractivity contribution is -0.128. The van der Waals surface area contributed by atoms with Gasteiger partial charge in [0.1, 0.15) is 0 Å². The Morgan fingerprint density at radius 2 is 2.00 bits per heavy atom. The topological polar surface area (TPSA) is 80.9 Å². The van der Waals surface area contributed by atoms with Gasteiger partial charge in [0.15, 0.2) is 17.3 Å². The van der Waals surface area contributed by atoms with E-state index in [1.165, 1.54) is 0 Å². The van der Waals surface area contributed by atoms with E-state index in [2.05, 4.69) is 10.1 Å². The fraction of sp³-hybridized carbons (Fsp3) is 0.318. The van der Waals surface area contributed by atoms with E-state index in [9.17, 15) is 4.79 Å². The van der Waals surface area contributed by atoms with Crippen LogP contribution in [0.2, 0.25) is 0 Å². The van der Waals surface area contributed by atoms with Crippen molar-refractivity contribution in [2.75, 3.05) is 32.3 Å². The number of benzene rings is 2. The Bertz CT molecular complexity index is 1090. The molecule has 1 fully saturated rings. The first kappa shape index (κ1) is 18.5. The molecule has 2 aliphatic rings. The summed E-state index contributed by atoms with van der Waals surface area (Å²) < 4.78 is 16.3. The van der Waals surface area contributed by atoms with Crippen LogP contribution in [0.25, 0.3) is 11.5 Å². The van der Waals surface area contributed by atoms with Gasteiger partial charge in [0.05, 0.1) is 0 Å². The fourth-order valence-corrected chi connectivity index (χ4v) is 3.79. The van der Waals surface area contributed by atoms with E-state index < -0.39 is 0 Å². The van der Waals surface area contributed by atoms with Gasteiger partial charge in [0.2, 0.25) is 12.7 Å². The maximum Gasteiger partial charge on any atom is 0.258 e. The number of ether oxygens (including phenoxy) is 2. The summed E-state index contributed by atoms with van der Waals surface area (Å²) in [4.78, 5) is 21.0. The van der Waals surface area contributed by atoms with Crippen molar-refractivity contribution in [1.82, 2.24) is 15.0 Å². The van der Waals surface area contributed by atoms with Gasteiger partial charge in [-0.15, -0.1) is 0 Å². The highest BCUT2D eigenvalue weighted by Crippen LogP contribution is 2.34. The number of aromatic nitrogens is 2. The number of hydrogen-bond acceptors (Lipinski definition) is 7. The zero-order chi connectivity index (χ0) is 20.7. The van der Waals surface area contributed by atoms with Crippen LogP contribution >= 0.6 is 0 Å². The molecule has 8 nitrogen and oxygen atoms in total. The second-order valence-corrected chi connectivity index (χ2v) is 7.77. The smallest absolute Gasteiger partial charge is 0.258 e. The molecule has 1 aromatic heterocycles. The predicted molar refractivity (Wildman–Crippen MR) is 109 cm³/mol. The summed E-state index contributed by atoms with van der Waals surface area (Å²) in [6.45, 7) is 1.31. The number of fused-ring (bicyclic) bond motifs is 1. The van der Waals surface area contributed by atoms with E-state index in [4.69, 9.17) is 14.0 Å². The van der Waals surface area contributed by atoms with Gasteiger partial charge in [-0.3, -0.25) is 4.79 Å². The monoisotopic (exact) mass is 406 g/mol. The van der Waals surface area contributed by atoms with Crippen molar-refractivity contribution < 1.29 is 18.8 Å². The lowest BCUT2D eigenvalue weighted by Gasteiger charge is -2.16. The SMILES string of the molecule is CN(C)c1cccc(-c2nc(C3CC(=O)N(Cc4ccc5c(c4)OCO5)C3)no2)c1. The van der Waals surface area contributed by atoms with Crippen molar-refractivity contribution in [2.24, 2.45) is 0 Å². The van der Waals surface area contributed by atoms with Crippen molar-refractivity contribution >= 4 is 11.6 Å². The Kier molecular flexibility index (Phi) is 4.54. The second-order valence-electron chi connectivity index (χ2n) is 7.77. The van der Waals surface area contributed by atoms with Crippen LogP contribution in [0.3, 0.4) is 0 Å². The third kappa shape index (κ3) is 3.45. The van der Waals surface area contributed by atoms with Gasteiger partial charge in [-0.05, 0) is 35.9 Å². The molecule has 0 saturated carbocycles. The molecule has 8 heteroatoms. The summed E-state index contributed by atoms with van der Waals surface area (Å²) in [6.07, 6.45) is 0.376. The number of hydrogen-bond donors (Lipinski definition) is 0. The maximum absolute atomic E-state index is 12.6. The molecule has 0 N–H and O–H groups in total. The van der Waals surface area contributed by atoms with Crippen LogP contribution in [-0.4, -0.2) is 48.4 Å². The highest BCUT2D eigenvalue weighted by atomic mass is 16.7. The molecule has 0 aliphatic carbocycles. The standard InChI is InChI=1S/C22H22N4O4/c1-25(2)17-5-3-4-15(9-17)22-23-21(24-30-22)16-10-20(27)26(12-16)11-14-6-7-18-19(8-14)29-13-28-18/h3-9,16H,10-13H2,1-2H3. The highest BCUT2D eigenvalue weighted by molar-refractivity contribution is 5.79. The van der Waals surface area contributed by atoms with E-state index in [0.29, 0.717) is 31.2 Å². The molecule has 2 aromatic carbocycles. The molecule has 5 rings (SSSR count). The Morgan fingerprint density at radius 1 is 1.13 bits per heavy atom. The van der Waals surface area contributed by atoms with Crippen molar-refractivity contribution in [3.8, 4) is 23.0 Å². The number of nitrogens with zero attached hydrogens (tertiary/aromatic N) is 4. The molecular formula is C22H22N4O4. The third-order valence-corrected chi connectivity index (χ3v) is 5.44. The number of anilines is 1. The molecule has 30 heavy (non-hydrogen) atoms. The molecule has 1 saturated heterocycles. The first-order valence-corrected chi connectivity index (χ1v) is 9.84. The summed E-state index contributed by atoms with van der Waals surface area (Å²) in [6, 6.07) is 13.7. The average molecular weight is 406 g/mol. The van der Waals surface area contributed by atoms with Gasteiger partial charge < -0.3 is 23.8 Å². The van der Waals surface area contributed by atoms with Crippen molar-refractivity contribution in [1.29, 1.82) is 0 Å². The van der Waals surface area contributed by atoms with E-state index in [1.54, 1.807) is 0 Å². The zero-order valence-electron chi connectivity index (χ0n) is 16.9. The Morgan fingerprint density at radius 3 is 2.87 bits per heavy atom. The summed E-state index contributed by atoms with van der Waals surface area (Å²) in [7, 11) is 3.97. The predicted octanol–water partition coefficient (Wildman–Crippen LogP) is 3.05. The zero-order valence-corrected chi connectivity index (χ0v) is 16.9. The van der Waals surface area contributed by atoms with Crippen LogP contribution < -0.4 is 14.4 Å². The molecule has 3 heterocycles. The molecule has 0 radical (unpaired) electrons. The first-order chi connectivity index (χ1) is 14.6. The maximum atomic E-state index is 12.6. The van der Waals surface area contributed by atoms with Gasteiger partial charge in [0.25, 0.3) is 5.89 Å². The summed E-state index contributed by atoms with van der Waals surface area (Å²) >= 11 is 0.